The third-order valence-electron chi connectivity index (χ3n) is 4.04. The average molecular weight is 292 g/mol. The topological polar surface area (TPSA) is 32.6 Å². The molecule has 0 bridgehead atoms. The Morgan fingerprint density at radius 1 is 1.20 bits per heavy atom. The average Bonchev–Trinajstić information content (AvgIpc) is 2.97. The van der Waals surface area contributed by atoms with Gasteiger partial charge in [0.2, 0.25) is 0 Å². The van der Waals surface area contributed by atoms with Crippen LogP contribution in [0.3, 0.4) is 0 Å². The lowest BCUT2D eigenvalue weighted by Crippen LogP contribution is -2.29. The Kier molecular flexibility index (Phi) is 4.58. The molecule has 1 aliphatic rings. The van der Waals surface area contributed by atoms with E-state index < -0.39 is 0 Å². The van der Waals surface area contributed by atoms with Crippen LogP contribution in [0.25, 0.3) is 4.96 Å². The van der Waals surface area contributed by atoms with Crippen LogP contribution in [0.15, 0.2) is 11.6 Å². The van der Waals surface area contributed by atoms with Gasteiger partial charge in [0.15, 0.2) is 10.8 Å². The normalized spacial score (nSPS) is 17.4. The molecule has 0 spiro atoms. The SMILES string of the molecule is CCNCc1c(N2CCCCCCC2)nc2sccn12. The molecular weight excluding hydrogens is 268 g/mol. The second-order valence-electron chi connectivity index (χ2n) is 5.47. The number of fused-ring (bicyclic) bond motifs is 1. The summed E-state index contributed by atoms with van der Waals surface area (Å²) in [5.41, 5.74) is 1.32. The highest BCUT2D eigenvalue weighted by Crippen LogP contribution is 2.26. The molecule has 5 heteroatoms. The molecule has 0 radical (unpaired) electrons. The number of anilines is 1. The summed E-state index contributed by atoms with van der Waals surface area (Å²) in [6, 6.07) is 0. The van der Waals surface area contributed by atoms with Gasteiger partial charge in [0.05, 0.1) is 5.69 Å². The minimum absolute atomic E-state index is 0.903. The molecule has 0 aliphatic carbocycles. The minimum atomic E-state index is 0.903. The molecular formula is C15H24N4S. The Labute approximate surface area is 124 Å². The van der Waals surface area contributed by atoms with Gasteiger partial charge in [-0.1, -0.05) is 26.2 Å². The van der Waals surface area contributed by atoms with E-state index in [0.29, 0.717) is 0 Å². The zero-order chi connectivity index (χ0) is 13.8. The molecule has 4 nitrogen and oxygen atoms in total. The van der Waals surface area contributed by atoms with E-state index in [4.69, 9.17) is 4.98 Å². The number of nitrogens with zero attached hydrogens (tertiary/aromatic N) is 3. The summed E-state index contributed by atoms with van der Waals surface area (Å²) in [6.45, 7) is 6.37. The second-order valence-corrected chi connectivity index (χ2v) is 6.35. The van der Waals surface area contributed by atoms with E-state index in [9.17, 15) is 0 Å². The van der Waals surface area contributed by atoms with Crippen molar-refractivity contribution in [3.05, 3.63) is 17.3 Å². The minimum Gasteiger partial charge on any atom is -0.355 e. The van der Waals surface area contributed by atoms with Crippen LogP contribution in [-0.4, -0.2) is 29.0 Å². The number of hydrogen-bond donors (Lipinski definition) is 1. The first-order valence-electron chi connectivity index (χ1n) is 7.80. The predicted octanol–water partition coefficient (Wildman–Crippen LogP) is 3.28. The molecule has 2 aromatic heterocycles. The molecule has 1 saturated heterocycles. The number of aromatic nitrogens is 2. The maximum Gasteiger partial charge on any atom is 0.195 e. The van der Waals surface area contributed by atoms with Gasteiger partial charge in [-0.2, -0.15) is 0 Å². The fourth-order valence-electron chi connectivity index (χ4n) is 2.94. The molecule has 2 aromatic rings. The molecule has 3 rings (SSSR count). The van der Waals surface area contributed by atoms with E-state index in [1.807, 2.05) is 0 Å². The van der Waals surface area contributed by atoms with Crippen LogP contribution in [0, 0.1) is 0 Å². The van der Waals surface area contributed by atoms with E-state index in [1.54, 1.807) is 11.3 Å². The Morgan fingerprint density at radius 3 is 2.70 bits per heavy atom. The molecule has 3 heterocycles. The van der Waals surface area contributed by atoms with Crippen LogP contribution >= 0.6 is 11.3 Å². The summed E-state index contributed by atoms with van der Waals surface area (Å²) in [5.74, 6) is 1.21. The van der Waals surface area contributed by atoms with Crippen LogP contribution in [-0.2, 0) is 6.54 Å². The molecule has 0 aromatic carbocycles. The maximum absolute atomic E-state index is 4.89. The zero-order valence-corrected chi connectivity index (χ0v) is 13.1. The van der Waals surface area contributed by atoms with Gasteiger partial charge < -0.3 is 10.2 Å². The lowest BCUT2D eigenvalue weighted by Gasteiger charge is -2.25. The predicted molar refractivity (Wildman–Crippen MR) is 85.7 cm³/mol. The number of hydrogen-bond acceptors (Lipinski definition) is 4. The van der Waals surface area contributed by atoms with Crippen molar-refractivity contribution < 1.29 is 0 Å². The van der Waals surface area contributed by atoms with Crippen molar-refractivity contribution in [2.75, 3.05) is 24.5 Å². The second kappa shape index (κ2) is 6.59. The molecule has 1 aliphatic heterocycles. The highest BCUT2D eigenvalue weighted by atomic mass is 32.1. The molecule has 1 N–H and O–H groups in total. The fraction of sp³-hybridized carbons (Fsp3) is 0.667. The molecule has 0 saturated carbocycles. The van der Waals surface area contributed by atoms with Crippen molar-refractivity contribution in [2.45, 2.75) is 45.6 Å². The van der Waals surface area contributed by atoms with Gasteiger partial charge in [0.1, 0.15) is 0 Å². The van der Waals surface area contributed by atoms with Gasteiger partial charge >= 0.3 is 0 Å². The first-order valence-corrected chi connectivity index (χ1v) is 8.68. The first-order chi connectivity index (χ1) is 9.90. The smallest absolute Gasteiger partial charge is 0.195 e. The van der Waals surface area contributed by atoms with Crippen molar-refractivity contribution in [1.82, 2.24) is 14.7 Å². The van der Waals surface area contributed by atoms with Gasteiger partial charge in [-0.3, -0.25) is 4.40 Å². The monoisotopic (exact) mass is 292 g/mol. The van der Waals surface area contributed by atoms with Crippen LogP contribution in [0.2, 0.25) is 0 Å². The molecule has 0 unspecified atom stereocenters. The number of nitrogens with one attached hydrogen (secondary N) is 1. The van der Waals surface area contributed by atoms with E-state index in [1.165, 1.54) is 43.6 Å². The Balaban J connectivity index is 1.89. The van der Waals surface area contributed by atoms with Crippen molar-refractivity contribution in [1.29, 1.82) is 0 Å². The van der Waals surface area contributed by atoms with E-state index in [-0.39, 0.29) is 0 Å². The highest BCUT2D eigenvalue weighted by molar-refractivity contribution is 7.15. The van der Waals surface area contributed by atoms with Crippen LogP contribution in [0.5, 0.6) is 0 Å². The lowest BCUT2D eigenvalue weighted by molar-refractivity contribution is 0.552. The summed E-state index contributed by atoms with van der Waals surface area (Å²) in [7, 11) is 0. The first kappa shape index (κ1) is 13.9. The molecule has 0 atom stereocenters. The molecule has 0 amide bonds. The van der Waals surface area contributed by atoms with E-state index >= 15 is 0 Å². The zero-order valence-electron chi connectivity index (χ0n) is 12.3. The van der Waals surface area contributed by atoms with Crippen LogP contribution < -0.4 is 10.2 Å². The Morgan fingerprint density at radius 2 is 1.95 bits per heavy atom. The Bertz CT molecular complexity index is 537. The summed E-state index contributed by atoms with van der Waals surface area (Å²) in [6.07, 6.45) is 8.86. The molecule has 110 valence electrons. The van der Waals surface area contributed by atoms with Crippen molar-refractivity contribution in [3.8, 4) is 0 Å². The number of thiazole rings is 1. The standard InChI is InChI=1S/C15H24N4S/c1-2-16-12-13-14(17-15-19(13)10-11-20-15)18-8-6-4-3-5-7-9-18/h10-11,16H,2-9,12H2,1H3. The summed E-state index contributed by atoms with van der Waals surface area (Å²) < 4.78 is 2.25. The quantitative estimate of drug-likeness (QED) is 0.938. The number of rotatable bonds is 4. The molecule has 20 heavy (non-hydrogen) atoms. The molecule has 1 fully saturated rings. The largest absolute Gasteiger partial charge is 0.355 e. The fourth-order valence-corrected chi connectivity index (χ4v) is 3.67. The van der Waals surface area contributed by atoms with Crippen molar-refractivity contribution in [2.24, 2.45) is 0 Å². The highest BCUT2D eigenvalue weighted by Gasteiger charge is 2.19. The summed E-state index contributed by atoms with van der Waals surface area (Å²) in [5, 5.41) is 5.58. The van der Waals surface area contributed by atoms with Gasteiger partial charge in [-0.25, -0.2) is 4.98 Å². The maximum atomic E-state index is 4.89. The summed E-state index contributed by atoms with van der Waals surface area (Å²) >= 11 is 1.73. The number of imidazole rings is 1. The van der Waals surface area contributed by atoms with Crippen molar-refractivity contribution >= 4 is 22.1 Å². The van der Waals surface area contributed by atoms with E-state index in [2.05, 4.69) is 33.1 Å². The van der Waals surface area contributed by atoms with Crippen LogP contribution in [0.1, 0.15) is 44.7 Å². The third-order valence-corrected chi connectivity index (χ3v) is 4.79. The third kappa shape index (κ3) is 2.83. The van der Waals surface area contributed by atoms with Gasteiger partial charge in [-0.05, 0) is 19.4 Å². The van der Waals surface area contributed by atoms with E-state index in [0.717, 1.165) is 31.1 Å². The summed E-state index contributed by atoms with van der Waals surface area (Å²) in [4.78, 5) is 8.51. The van der Waals surface area contributed by atoms with Crippen LogP contribution in [0.4, 0.5) is 5.82 Å². The van der Waals surface area contributed by atoms with Gasteiger partial charge in [0.25, 0.3) is 0 Å². The Hall–Kier alpha value is -1.07. The van der Waals surface area contributed by atoms with Gasteiger partial charge in [-0.15, -0.1) is 11.3 Å². The van der Waals surface area contributed by atoms with Crippen molar-refractivity contribution in [3.63, 3.8) is 0 Å². The lowest BCUT2D eigenvalue weighted by atomic mass is 10.1. The van der Waals surface area contributed by atoms with Gasteiger partial charge in [0, 0.05) is 31.2 Å².